The van der Waals surface area contributed by atoms with E-state index in [1.54, 1.807) is 0 Å². The van der Waals surface area contributed by atoms with Crippen molar-refractivity contribution in [3.8, 4) is 0 Å². The molecule has 4 heteroatoms. The van der Waals surface area contributed by atoms with Gasteiger partial charge in [-0.05, 0) is 38.1 Å². The molecule has 1 unspecified atom stereocenters. The summed E-state index contributed by atoms with van der Waals surface area (Å²) in [7, 11) is 0. The molecule has 0 aliphatic carbocycles. The van der Waals surface area contributed by atoms with Gasteiger partial charge in [-0.1, -0.05) is 26.2 Å². The van der Waals surface area contributed by atoms with E-state index in [0.29, 0.717) is 18.9 Å². The average Bonchev–Trinajstić information content (AvgIpc) is 2.38. The largest absolute Gasteiger partial charge is 0.396 e. The van der Waals surface area contributed by atoms with Crippen molar-refractivity contribution in [2.75, 3.05) is 19.7 Å². The normalized spacial score (nSPS) is 12.4. The summed E-state index contributed by atoms with van der Waals surface area (Å²) in [5.74, 6) is 0.748. The molecule has 0 aliphatic rings. The maximum Gasteiger partial charge on any atom is 0.220 e. The zero-order valence-electron chi connectivity index (χ0n) is 11.8. The van der Waals surface area contributed by atoms with E-state index in [0.717, 1.165) is 51.5 Å². The minimum Gasteiger partial charge on any atom is -0.396 e. The fourth-order valence-electron chi connectivity index (χ4n) is 2.03. The quantitative estimate of drug-likeness (QED) is 0.467. The summed E-state index contributed by atoms with van der Waals surface area (Å²) in [4.78, 5) is 11.6. The lowest BCUT2D eigenvalue weighted by Crippen LogP contribution is -2.25. The molecule has 0 rings (SSSR count). The van der Waals surface area contributed by atoms with Crippen LogP contribution >= 0.6 is 0 Å². The van der Waals surface area contributed by atoms with Crippen molar-refractivity contribution in [3.63, 3.8) is 0 Å². The van der Waals surface area contributed by atoms with Gasteiger partial charge >= 0.3 is 0 Å². The van der Waals surface area contributed by atoms with Crippen molar-refractivity contribution in [1.29, 1.82) is 0 Å². The molecule has 0 heterocycles. The minimum absolute atomic E-state index is 0.160. The van der Waals surface area contributed by atoms with Crippen molar-refractivity contribution in [3.05, 3.63) is 0 Å². The van der Waals surface area contributed by atoms with Gasteiger partial charge in [-0.25, -0.2) is 0 Å². The molecule has 4 nitrogen and oxygen atoms in total. The van der Waals surface area contributed by atoms with E-state index >= 15 is 0 Å². The summed E-state index contributed by atoms with van der Waals surface area (Å²) < 4.78 is 0. The van der Waals surface area contributed by atoms with Gasteiger partial charge in [0.1, 0.15) is 0 Å². The summed E-state index contributed by atoms with van der Waals surface area (Å²) in [6.45, 7) is 3.90. The predicted octanol–water partition coefficient (Wildman–Crippen LogP) is 1.81. The first-order chi connectivity index (χ1) is 8.74. The van der Waals surface area contributed by atoms with Gasteiger partial charge < -0.3 is 16.2 Å². The molecule has 4 N–H and O–H groups in total. The Morgan fingerprint density at radius 3 is 2.56 bits per heavy atom. The number of nitrogens with one attached hydrogen (secondary N) is 1. The number of amides is 1. The fourth-order valence-corrected chi connectivity index (χ4v) is 2.03. The number of hydrogen-bond donors (Lipinski definition) is 3. The Morgan fingerprint density at radius 1 is 1.22 bits per heavy atom. The molecule has 0 saturated heterocycles. The molecule has 18 heavy (non-hydrogen) atoms. The van der Waals surface area contributed by atoms with E-state index < -0.39 is 0 Å². The van der Waals surface area contributed by atoms with Crippen molar-refractivity contribution < 1.29 is 9.90 Å². The number of carbonyl (C=O) groups excluding carboxylic acids is 1. The van der Waals surface area contributed by atoms with Crippen LogP contribution < -0.4 is 11.1 Å². The van der Waals surface area contributed by atoms with Gasteiger partial charge in [-0.15, -0.1) is 0 Å². The molecule has 108 valence electrons. The summed E-state index contributed by atoms with van der Waals surface area (Å²) in [6, 6.07) is 0. The highest BCUT2D eigenvalue weighted by atomic mass is 16.2. The number of rotatable bonds is 12. The number of unbranched alkanes of at least 4 members (excludes halogenated alkanes) is 3. The van der Waals surface area contributed by atoms with Gasteiger partial charge in [0.2, 0.25) is 5.91 Å². The molecule has 0 saturated carbocycles. The lowest BCUT2D eigenvalue weighted by molar-refractivity contribution is -0.121. The second-order valence-corrected chi connectivity index (χ2v) is 4.88. The predicted molar refractivity (Wildman–Crippen MR) is 75.2 cm³/mol. The molecular weight excluding hydrogens is 228 g/mol. The monoisotopic (exact) mass is 258 g/mol. The summed E-state index contributed by atoms with van der Waals surface area (Å²) in [5, 5.41) is 11.6. The van der Waals surface area contributed by atoms with Crippen LogP contribution in [-0.2, 0) is 4.79 Å². The zero-order chi connectivity index (χ0) is 13.6. The van der Waals surface area contributed by atoms with E-state index in [4.69, 9.17) is 10.8 Å². The van der Waals surface area contributed by atoms with Gasteiger partial charge in [0.15, 0.2) is 0 Å². The first-order valence-electron chi connectivity index (χ1n) is 7.32. The highest BCUT2D eigenvalue weighted by Crippen LogP contribution is 2.14. The number of aliphatic hydroxyl groups is 1. The second-order valence-electron chi connectivity index (χ2n) is 4.88. The first kappa shape index (κ1) is 17.4. The van der Waals surface area contributed by atoms with Crippen LogP contribution in [0, 0.1) is 5.92 Å². The molecule has 0 bridgehead atoms. The number of aliphatic hydroxyl groups excluding tert-OH is 1. The van der Waals surface area contributed by atoms with Crippen molar-refractivity contribution in [1.82, 2.24) is 5.32 Å². The molecule has 0 radical (unpaired) electrons. The Labute approximate surface area is 111 Å². The third-order valence-corrected chi connectivity index (χ3v) is 3.34. The lowest BCUT2D eigenvalue weighted by atomic mass is 9.96. The molecule has 0 spiro atoms. The van der Waals surface area contributed by atoms with Gasteiger partial charge in [0, 0.05) is 19.6 Å². The van der Waals surface area contributed by atoms with Crippen LogP contribution in [0.2, 0.25) is 0 Å². The summed E-state index contributed by atoms with van der Waals surface area (Å²) >= 11 is 0. The Morgan fingerprint density at radius 2 is 1.94 bits per heavy atom. The number of hydrogen-bond acceptors (Lipinski definition) is 3. The first-order valence-corrected chi connectivity index (χ1v) is 7.32. The standard InChI is InChI=1S/C14H30N2O2/c1-2-13(9-10-15)7-8-14(18)16-11-5-3-4-6-12-17/h13,17H,2-12,15H2,1H3,(H,16,18). The summed E-state index contributed by atoms with van der Waals surface area (Å²) in [5.41, 5.74) is 5.53. The Balaban J connectivity index is 3.41. The van der Waals surface area contributed by atoms with Crippen molar-refractivity contribution in [2.24, 2.45) is 11.7 Å². The van der Waals surface area contributed by atoms with Crippen LogP contribution in [0.15, 0.2) is 0 Å². The molecular formula is C14H30N2O2. The van der Waals surface area contributed by atoms with E-state index in [1.165, 1.54) is 0 Å². The van der Waals surface area contributed by atoms with Gasteiger partial charge in [0.25, 0.3) is 0 Å². The molecule has 1 atom stereocenters. The van der Waals surface area contributed by atoms with Gasteiger partial charge in [0.05, 0.1) is 0 Å². The lowest BCUT2D eigenvalue weighted by Gasteiger charge is -2.13. The third kappa shape index (κ3) is 10.5. The van der Waals surface area contributed by atoms with E-state index in [1.807, 2.05) is 0 Å². The number of carbonyl (C=O) groups is 1. The minimum atomic E-state index is 0.160. The third-order valence-electron chi connectivity index (χ3n) is 3.34. The Hall–Kier alpha value is -0.610. The second kappa shape index (κ2) is 12.8. The average molecular weight is 258 g/mol. The Kier molecular flexibility index (Phi) is 12.4. The maximum atomic E-state index is 11.6. The van der Waals surface area contributed by atoms with E-state index in [2.05, 4.69) is 12.2 Å². The van der Waals surface area contributed by atoms with Crippen molar-refractivity contribution in [2.45, 2.75) is 58.3 Å². The molecule has 0 aliphatic heterocycles. The van der Waals surface area contributed by atoms with Crippen LogP contribution in [0.25, 0.3) is 0 Å². The van der Waals surface area contributed by atoms with Crippen molar-refractivity contribution >= 4 is 5.91 Å². The highest BCUT2D eigenvalue weighted by molar-refractivity contribution is 5.75. The summed E-state index contributed by atoms with van der Waals surface area (Å²) in [6.07, 6.45) is 7.68. The number of nitrogens with two attached hydrogens (primary N) is 1. The van der Waals surface area contributed by atoms with Crippen LogP contribution in [0.5, 0.6) is 0 Å². The zero-order valence-corrected chi connectivity index (χ0v) is 11.8. The highest BCUT2D eigenvalue weighted by Gasteiger charge is 2.08. The smallest absolute Gasteiger partial charge is 0.220 e. The van der Waals surface area contributed by atoms with Crippen LogP contribution in [0.1, 0.15) is 58.3 Å². The topological polar surface area (TPSA) is 75.4 Å². The molecule has 1 amide bonds. The molecule has 0 aromatic carbocycles. The van der Waals surface area contributed by atoms with Gasteiger partial charge in [-0.2, -0.15) is 0 Å². The van der Waals surface area contributed by atoms with E-state index in [9.17, 15) is 4.79 Å². The molecule has 0 fully saturated rings. The Bertz CT molecular complexity index is 198. The molecule has 0 aromatic rings. The van der Waals surface area contributed by atoms with Crippen LogP contribution in [0.4, 0.5) is 0 Å². The van der Waals surface area contributed by atoms with Crippen LogP contribution in [-0.4, -0.2) is 30.7 Å². The fraction of sp³-hybridized carbons (Fsp3) is 0.929. The van der Waals surface area contributed by atoms with Gasteiger partial charge in [-0.3, -0.25) is 4.79 Å². The molecule has 0 aromatic heterocycles. The van der Waals surface area contributed by atoms with Crippen LogP contribution in [0.3, 0.4) is 0 Å². The van der Waals surface area contributed by atoms with E-state index in [-0.39, 0.29) is 12.5 Å². The maximum absolute atomic E-state index is 11.6. The SMILES string of the molecule is CCC(CCN)CCC(=O)NCCCCCCO.